The van der Waals surface area contributed by atoms with E-state index in [0.717, 1.165) is 13.1 Å². The average molecular weight is 295 g/mol. The molecule has 21 heavy (non-hydrogen) atoms. The molecule has 1 rings (SSSR count). The van der Waals surface area contributed by atoms with Crippen molar-refractivity contribution in [2.24, 2.45) is 0 Å². The van der Waals surface area contributed by atoms with Crippen LogP contribution in [0.25, 0.3) is 0 Å². The smallest absolute Gasteiger partial charge is 0.142 e. The van der Waals surface area contributed by atoms with Gasteiger partial charge in [0.2, 0.25) is 0 Å². The van der Waals surface area contributed by atoms with Crippen molar-refractivity contribution in [1.82, 2.24) is 9.80 Å². The molecule has 3 N–H and O–H groups in total. The molecule has 5 nitrogen and oxygen atoms in total. The Bertz CT molecular complexity index is 412. The van der Waals surface area contributed by atoms with Gasteiger partial charge in [0.25, 0.3) is 0 Å². The zero-order chi connectivity index (χ0) is 15.8. The second-order valence-corrected chi connectivity index (χ2v) is 5.70. The number of nitrogens with two attached hydrogens (primary N) is 1. The molecule has 1 aromatic carbocycles. The Balaban J connectivity index is 2.44. The summed E-state index contributed by atoms with van der Waals surface area (Å²) in [5.74, 6) is 0.626. The van der Waals surface area contributed by atoms with Crippen LogP contribution in [0, 0.1) is 0 Å². The molecule has 0 heterocycles. The van der Waals surface area contributed by atoms with Crippen molar-refractivity contribution in [3.8, 4) is 5.75 Å². The lowest BCUT2D eigenvalue weighted by molar-refractivity contribution is 0.0525. The number of anilines is 1. The van der Waals surface area contributed by atoms with E-state index in [-0.39, 0.29) is 6.61 Å². The van der Waals surface area contributed by atoms with Crippen LogP contribution in [-0.4, -0.2) is 67.4 Å². The van der Waals surface area contributed by atoms with Crippen LogP contribution in [0.5, 0.6) is 5.75 Å². The molecule has 0 radical (unpaired) electrons. The molecule has 0 aromatic heterocycles. The van der Waals surface area contributed by atoms with Crippen molar-refractivity contribution in [2.75, 3.05) is 46.1 Å². The van der Waals surface area contributed by atoms with Gasteiger partial charge in [0.1, 0.15) is 18.5 Å². The van der Waals surface area contributed by atoms with Gasteiger partial charge >= 0.3 is 0 Å². The molecule has 0 fully saturated rings. The molecule has 0 amide bonds. The molecule has 0 saturated heterocycles. The second-order valence-electron chi connectivity index (χ2n) is 5.70. The van der Waals surface area contributed by atoms with E-state index in [1.165, 1.54) is 0 Å². The Morgan fingerprint density at radius 2 is 1.90 bits per heavy atom. The van der Waals surface area contributed by atoms with Gasteiger partial charge in [-0.2, -0.15) is 0 Å². The number of hydrogen-bond acceptors (Lipinski definition) is 5. The Labute approximate surface area is 128 Å². The molecule has 0 aliphatic carbocycles. The number of ether oxygens (including phenoxy) is 1. The minimum Gasteiger partial charge on any atom is -0.489 e. The van der Waals surface area contributed by atoms with E-state index in [1.54, 1.807) is 6.07 Å². The fourth-order valence-corrected chi connectivity index (χ4v) is 2.39. The lowest BCUT2D eigenvalue weighted by atomic mass is 10.2. The first kappa shape index (κ1) is 17.8. The summed E-state index contributed by atoms with van der Waals surface area (Å²) in [6.07, 6.45) is -0.533. The highest BCUT2D eigenvalue weighted by atomic mass is 16.5. The fraction of sp³-hybridized carbons (Fsp3) is 0.625. The maximum atomic E-state index is 10.2. The minimum atomic E-state index is -0.533. The minimum absolute atomic E-state index is 0.249. The highest BCUT2D eigenvalue weighted by Gasteiger charge is 2.17. The monoisotopic (exact) mass is 295 g/mol. The lowest BCUT2D eigenvalue weighted by Gasteiger charge is -2.31. The molecule has 0 aliphatic rings. The zero-order valence-corrected chi connectivity index (χ0v) is 13.6. The van der Waals surface area contributed by atoms with E-state index in [1.807, 2.05) is 18.2 Å². The molecule has 2 unspecified atom stereocenters. The van der Waals surface area contributed by atoms with Crippen LogP contribution in [0.15, 0.2) is 24.3 Å². The van der Waals surface area contributed by atoms with Gasteiger partial charge in [-0.3, -0.25) is 4.90 Å². The van der Waals surface area contributed by atoms with Crippen molar-refractivity contribution in [3.63, 3.8) is 0 Å². The number of nitrogen functional groups attached to an aromatic ring is 1. The summed E-state index contributed by atoms with van der Waals surface area (Å²) >= 11 is 0. The standard InChI is InChI=1S/C16H29N3O2/c1-5-19(13(2)10-18(3)4)11-14(20)12-21-16-9-7-6-8-15(16)17/h6-9,13-14,20H,5,10-12,17H2,1-4H3. The van der Waals surface area contributed by atoms with Crippen molar-refractivity contribution < 1.29 is 9.84 Å². The number of rotatable bonds is 9. The third-order valence-corrected chi connectivity index (χ3v) is 3.45. The number of aliphatic hydroxyl groups is 1. The quantitative estimate of drug-likeness (QED) is 0.672. The van der Waals surface area contributed by atoms with Crippen LogP contribution < -0.4 is 10.5 Å². The molecule has 120 valence electrons. The molecule has 0 bridgehead atoms. The van der Waals surface area contributed by atoms with Gasteiger partial charge in [-0.1, -0.05) is 19.1 Å². The summed E-state index contributed by atoms with van der Waals surface area (Å²) in [6, 6.07) is 7.73. The molecule has 5 heteroatoms. The predicted molar refractivity (Wildman–Crippen MR) is 87.6 cm³/mol. The second kappa shape index (κ2) is 8.87. The first-order valence-electron chi connectivity index (χ1n) is 7.48. The summed E-state index contributed by atoms with van der Waals surface area (Å²) in [5.41, 5.74) is 6.41. The van der Waals surface area contributed by atoms with Crippen LogP contribution in [0.3, 0.4) is 0 Å². The highest BCUT2D eigenvalue weighted by Crippen LogP contribution is 2.19. The Hall–Kier alpha value is -1.30. The van der Waals surface area contributed by atoms with E-state index < -0.39 is 6.10 Å². The SMILES string of the molecule is CCN(CC(O)COc1ccccc1N)C(C)CN(C)C. The topological polar surface area (TPSA) is 62.0 Å². The van der Waals surface area contributed by atoms with Crippen LogP contribution in [0.1, 0.15) is 13.8 Å². The summed E-state index contributed by atoms with van der Waals surface area (Å²) < 4.78 is 5.59. The van der Waals surface area contributed by atoms with Crippen LogP contribution in [-0.2, 0) is 0 Å². The van der Waals surface area contributed by atoms with Crippen LogP contribution in [0.4, 0.5) is 5.69 Å². The van der Waals surface area contributed by atoms with Crippen LogP contribution in [0.2, 0.25) is 0 Å². The molecule has 2 atom stereocenters. The molecule has 0 aliphatic heterocycles. The van der Waals surface area contributed by atoms with E-state index >= 15 is 0 Å². The van der Waals surface area contributed by atoms with Gasteiger partial charge in [-0.25, -0.2) is 0 Å². The van der Waals surface area contributed by atoms with Crippen molar-refractivity contribution in [3.05, 3.63) is 24.3 Å². The van der Waals surface area contributed by atoms with E-state index in [0.29, 0.717) is 24.0 Å². The van der Waals surface area contributed by atoms with Gasteiger partial charge in [-0.05, 0) is 39.7 Å². The third kappa shape index (κ3) is 6.33. The summed E-state index contributed by atoms with van der Waals surface area (Å²) in [5, 5.41) is 10.2. The summed E-state index contributed by atoms with van der Waals surface area (Å²) in [7, 11) is 4.12. The Morgan fingerprint density at radius 1 is 1.24 bits per heavy atom. The largest absolute Gasteiger partial charge is 0.489 e. The summed E-state index contributed by atoms with van der Waals surface area (Å²) in [6.45, 7) is 6.99. The van der Waals surface area contributed by atoms with Gasteiger partial charge in [-0.15, -0.1) is 0 Å². The van der Waals surface area contributed by atoms with E-state index in [4.69, 9.17) is 10.5 Å². The number of nitrogens with zero attached hydrogens (tertiary/aromatic N) is 2. The molecular weight excluding hydrogens is 266 g/mol. The predicted octanol–water partition coefficient (Wildman–Crippen LogP) is 1.28. The zero-order valence-electron chi connectivity index (χ0n) is 13.6. The number of para-hydroxylation sites is 2. The number of benzene rings is 1. The molecule has 0 spiro atoms. The fourth-order valence-electron chi connectivity index (χ4n) is 2.39. The number of likely N-dealkylation sites (N-methyl/N-ethyl adjacent to an activating group) is 2. The van der Waals surface area contributed by atoms with E-state index in [2.05, 4.69) is 37.7 Å². The van der Waals surface area contributed by atoms with Gasteiger partial charge < -0.3 is 20.5 Å². The van der Waals surface area contributed by atoms with E-state index in [9.17, 15) is 5.11 Å². The van der Waals surface area contributed by atoms with Gasteiger partial charge in [0.05, 0.1) is 5.69 Å². The first-order valence-corrected chi connectivity index (χ1v) is 7.48. The molecule has 0 saturated carbocycles. The maximum Gasteiger partial charge on any atom is 0.142 e. The van der Waals surface area contributed by atoms with Crippen molar-refractivity contribution in [2.45, 2.75) is 26.0 Å². The molecular formula is C16H29N3O2. The van der Waals surface area contributed by atoms with Crippen molar-refractivity contribution in [1.29, 1.82) is 0 Å². The first-order chi connectivity index (χ1) is 9.93. The lowest BCUT2D eigenvalue weighted by Crippen LogP contribution is -2.44. The normalized spacial score (nSPS) is 14.4. The number of aliphatic hydroxyl groups excluding tert-OH is 1. The molecule has 1 aromatic rings. The maximum absolute atomic E-state index is 10.2. The highest BCUT2D eigenvalue weighted by molar-refractivity contribution is 5.51. The summed E-state index contributed by atoms with van der Waals surface area (Å²) in [4.78, 5) is 4.41. The third-order valence-electron chi connectivity index (χ3n) is 3.45. The van der Waals surface area contributed by atoms with Gasteiger partial charge in [0.15, 0.2) is 0 Å². The Kier molecular flexibility index (Phi) is 7.50. The van der Waals surface area contributed by atoms with Gasteiger partial charge in [0, 0.05) is 19.1 Å². The number of hydrogen-bond donors (Lipinski definition) is 2. The van der Waals surface area contributed by atoms with Crippen LogP contribution >= 0.6 is 0 Å². The average Bonchev–Trinajstić information content (AvgIpc) is 2.43. The van der Waals surface area contributed by atoms with Crippen molar-refractivity contribution >= 4 is 5.69 Å². The Morgan fingerprint density at radius 3 is 2.48 bits per heavy atom.